The van der Waals surface area contributed by atoms with Crippen LogP contribution in [0.3, 0.4) is 0 Å². The lowest BCUT2D eigenvalue weighted by molar-refractivity contribution is 0.0930. The van der Waals surface area contributed by atoms with Crippen LogP contribution in [0.2, 0.25) is 0 Å². The van der Waals surface area contributed by atoms with Gasteiger partial charge < -0.3 is 20.1 Å². The first-order valence-electron chi connectivity index (χ1n) is 6.76. The number of carbonyl (C=O) groups excluding carboxylic acids is 1. The van der Waals surface area contributed by atoms with Crippen molar-refractivity contribution >= 4 is 5.91 Å². The molecule has 19 heavy (non-hydrogen) atoms. The number of nitrogens with one attached hydrogen (secondary N) is 2. The van der Waals surface area contributed by atoms with E-state index in [1.165, 1.54) is 6.42 Å². The number of hydrogen-bond donors (Lipinski definition) is 2. The van der Waals surface area contributed by atoms with E-state index in [0.717, 1.165) is 12.8 Å². The second kappa shape index (κ2) is 4.13. The van der Waals surface area contributed by atoms with Gasteiger partial charge in [0.1, 0.15) is 0 Å². The zero-order chi connectivity index (χ0) is 12.8. The standard InChI is InChI=1S/C14H16N2O3/c17-14(16-11-6-9-2-3-10(11)15-9)8-1-4-12-13(5-8)19-7-18-12/h1,4-5,9-11,15H,2-3,6-7H2,(H,16,17)/t9-,10+,11-/m1/s1. The van der Waals surface area contributed by atoms with Gasteiger partial charge in [-0.25, -0.2) is 0 Å². The Kier molecular flexibility index (Phi) is 2.41. The molecular weight excluding hydrogens is 244 g/mol. The molecule has 2 saturated heterocycles. The maximum atomic E-state index is 12.2. The van der Waals surface area contributed by atoms with E-state index in [2.05, 4.69) is 10.6 Å². The summed E-state index contributed by atoms with van der Waals surface area (Å²) in [5.74, 6) is 1.33. The Balaban J connectivity index is 1.48. The Hall–Kier alpha value is -1.75. The van der Waals surface area contributed by atoms with Crippen LogP contribution >= 0.6 is 0 Å². The molecule has 2 fully saturated rings. The van der Waals surface area contributed by atoms with Crippen LogP contribution in [-0.2, 0) is 0 Å². The van der Waals surface area contributed by atoms with Crippen molar-refractivity contribution in [1.82, 2.24) is 10.6 Å². The Labute approximate surface area is 111 Å². The zero-order valence-electron chi connectivity index (χ0n) is 10.5. The third kappa shape index (κ3) is 1.85. The predicted molar refractivity (Wildman–Crippen MR) is 68.4 cm³/mol. The lowest BCUT2D eigenvalue weighted by atomic mass is 9.95. The van der Waals surface area contributed by atoms with E-state index in [1.54, 1.807) is 18.2 Å². The van der Waals surface area contributed by atoms with Crippen LogP contribution in [0.25, 0.3) is 0 Å². The van der Waals surface area contributed by atoms with Crippen LogP contribution in [0.4, 0.5) is 0 Å². The Morgan fingerprint density at radius 2 is 2.16 bits per heavy atom. The molecule has 1 aromatic carbocycles. The largest absolute Gasteiger partial charge is 0.454 e. The maximum Gasteiger partial charge on any atom is 0.251 e. The van der Waals surface area contributed by atoms with E-state index < -0.39 is 0 Å². The Morgan fingerprint density at radius 3 is 2.95 bits per heavy atom. The molecule has 0 spiro atoms. The average Bonchev–Trinajstić information content (AvgIpc) is 3.13. The molecule has 2 N–H and O–H groups in total. The second-order valence-corrected chi connectivity index (χ2v) is 5.43. The van der Waals surface area contributed by atoms with Crippen LogP contribution in [0, 0.1) is 0 Å². The van der Waals surface area contributed by atoms with Gasteiger partial charge in [0.15, 0.2) is 11.5 Å². The summed E-state index contributed by atoms with van der Waals surface area (Å²) in [7, 11) is 0. The quantitative estimate of drug-likeness (QED) is 0.834. The summed E-state index contributed by atoms with van der Waals surface area (Å²) >= 11 is 0. The minimum absolute atomic E-state index is 0.0300. The fourth-order valence-electron chi connectivity index (χ4n) is 3.27. The topological polar surface area (TPSA) is 59.6 Å². The molecule has 0 radical (unpaired) electrons. The molecular formula is C14H16N2O3. The highest BCUT2D eigenvalue weighted by atomic mass is 16.7. The molecule has 0 aromatic heterocycles. The highest BCUT2D eigenvalue weighted by molar-refractivity contribution is 5.95. The average molecular weight is 260 g/mol. The molecule has 3 atom stereocenters. The fourth-order valence-corrected chi connectivity index (χ4v) is 3.27. The number of fused-ring (bicyclic) bond motifs is 3. The summed E-state index contributed by atoms with van der Waals surface area (Å²) in [6.45, 7) is 0.233. The van der Waals surface area contributed by atoms with Gasteiger partial charge in [-0.05, 0) is 37.5 Å². The van der Waals surface area contributed by atoms with Crippen molar-refractivity contribution in [3.05, 3.63) is 23.8 Å². The van der Waals surface area contributed by atoms with Crippen molar-refractivity contribution in [3.63, 3.8) is 0 Å². The van der Waals surface area contributed by atoms with Crippen molar-refractivity contribution in [2.24, 2.45) is 0 Å². The van der Waals surface area contributed by atoms with Gasteiger partial charge in [-0.15, -0.1) is 0 Å². The normalized spacial score (nSPS) is 30.6. The van der Waals surface area contributed by atoms with E-state index >= 15 is 0 Å². The molecule has 4 rings (SSSR count). The SMILES string of the molecule is O=C(N[C@@H]1C[C@H]2CC[C@@H]1N2)c1ccc2c(c1)OCO2. The molecule has 100 valence electrons. The molecule has 2 bridgehead atoms. The lowest BCUT2D eigenvalue weighted by Crippen LogP contribution is -2.42. The molecule has 1 aromatic rings. The molecule has 5 heteroatoms. The van der Waals surface area contributed by atoms with Gasteiger partial charge in [-0.2, -0.15) is 0 Å². The van der Waals surface area contributed by atoms with E-state index in [-0.39, 0.29) is 18.7 Å². The minimum atomic E-state index is -0.0300. The maximum absolute atomic E-state index is 12.2. The van der Waals surface area contributed by atoms with Crippen molar-refractivity contribution in [1.29, 1.82) is 0 Å². The summed E-state index contributed by atoms with van der Waals surface area (Å²) in [6, 6.07) is 6.62. The number of amides is 1. The van der Waals surface area contributed by atoms with Crippen molar-refractivity contribution in [2.45, 2.75) is 37.4 Å². The van der Waals surface area contributed by atoms with Gasteiger partial charge in [-0.3, -0.25) is 4.79 Å². The van der Waals surface area contributed by atoms with Crippen molar-refractivity contribution < 1.29 is 14.3 Å². The van der Waals surface area contributed by atoms with E-state index in [0.29, 0.717) is 29.1 Å². The summed E-state index contributed by atoms with van der Waals surface area (Å²) in [4.78, 5) is 12.2. The van der Waals surface area contributed by atoms with Crippen LogP contribution in [0.1, 0.15) is 29.6 Å². The van der Waals surface area contributed by atoms with Gasteiger partial charge in [0, 0.05) is 23.7 Å². The molecule has 0 unspecified atom stereocenters. The van der Waals surface area contributed by atoms with Gasteiger partial charge in [0.2, 0.25) is 6.79 Å². The Morgan fingerprint density at radius 1 is 1.26 bits per heavy atom. The first-order chi connectivity index (χ1) is 9.29. The zero-order valence-corrected chi connectivity index (χ0v) is 10.5. The fraction of sp³-hybridized carbons (Fsp3) is 0.500. The number of benzene rings is 1. The molecule has 5 nitrogen and oxygen atoms in total. The van der Waals surface area contributed by atoms with Gasteiger partial charge in [0.25, 0.3) is 5.91 Å². The van der Waals surface area contributed by atoms with Gasteiger partial charge in [-0.1, -0.05) is 0 Å². The highest BCUT2D eigenvalue weighted by Crippen LogP contribution is 2.33. The molecule has 0 aliphatic carbocycles. The first kappa shape index (κ1) is 11.1. The highest BCUT2D eigenvalue weighted by Gasteiger charge is 2.39. The van der Waals surface area contributed by atoms with Crippen LogP contribution in [0.15, 0.2) is 18.2 Å². The molecule has 3 aliphatic rings. The third-order valence-corrected chi connectivity index (χ3v) is 4.25. The number of ether oxygens (including phenoxy) is 2. The van der Waals surface area contributed by atoms with Gasteiger partial charge in [0.05, 0.1) is 0 Å². The molecule has 3 aliphatic heterocycles. The summed E-state index contributed by atoms with van der Waals surface area (Å²) in [5.41, 5.74) is 0.632. The summed E-state index contributed by atoms with van der Waals surface area (Å²) < 4.78 is 10.5. The monoisotopic (exact) mass is 260 g/mol. The number of rotatable bonds is 2. The Bertz CT molecular complexity index is 531. The molecule has 1 amide bonds. The third-order valence-electron chi connectivity index (χ3n) is 4.25. The predicted octanol–water partition coefficient (Wildman–Crippen LogP) is 1.04. The van der Waals surface area contributed by atoms with Crippen LogP contribution < -0.4 is 20.1 Å². The van der Waals surface area contributed by atoms with Crippen LogP contribution in [-0.4, -0.2) is 30.8 Å². The lowest BCUT2D eigenvalue weighted by Gasteiger charge is -2.21. The smallest absolute Gasteiger partial charge is 0.251 e. The number of hydrogen-bond acceptors (Lipinski definition) is 4. The van der Waals surface area contributed by atoms with Gasteiger partial charge >= 0.3 is 0 Å². The minimum Gasteiger partial charge on any atom is -0.454 e. The number of carbonyl (C=O) groups is 1. The van der Waals surface area contributed by atoms with Crippen molar-refractivity contribution in [2.75, 3.05) is 6.79 Å². The van der Waals surface area contributed by atoms with E-state index in [9.17, 15) is 4.79 Å². The second-order valence-electron chi connectivity index (χ2n) is 5.43. The molecule has 0 saturated carbocycles. The van der Waals surface area contributed by atoms with E-state index in [1.807, 2.05) is 0 Å². The van der Waals surface area contributed by atoms with Crippen molar-refractivity contribution in [3.8, 4) is 11.5 Å². The van der Waals surface area contributed by atoms with Crippen LogP contribution in [0.5, 0.6) is 11.5 Å². The summed E-state index contributed by atoms with van der Waals surface area (Å²) in [6.07, 6.45) is 3.44. The molecule has 3 heterocycles. The first-order valence-corrected chi connectivity index (χ1v) is 6.76. The summed E-state index contributed by atoms with van der Waals surface area (Å²) in [5, 5.41) is 6.64. The van der Waals surface area contributed by atoms with E-state index in [4.69, 9.17) is 9.47 Å².